The molecule has 10 heavy (non-hydrogen) atoms. The van der Waals surface area contributed by atoms with E-state index >= 15 is 0 Å². The zero-order chi connectivity index (χ0) is 7.72. The van der Waals surface area contributed by atoms with Gasteiger partial charge in [-0.25, -0.2) is 0 Å². The predicted octanol–water partition coefficient (Wildman–Crippen LogP) is 0.850. The van der Waals surface area contributed by atoms with Crippen LogP contribution in [-0.4, -0.2) is 35.2 Å². The molecule has 60 valence electrons. The molecule has 1 N–H and O–H groups in total. The van der Waals surface area contributed by atoms with E-state index in [1.165, 1.54) is 0 Å². The van der Waals surface area contributed by atoms with E-state index < -0.39 is 0 Å². The first-order valence-corrected chi connectivity index (χ1v) is 4.01. The second-order valence-electron chi connectivity index (χ2n) is 3.49. The molecule has 0 unspecified atom stereocenters. The smallest absolute Gasteiger partial charge is 0.0569 e. The molecule has 1 rings (SSSR count). The highest BCUT2D eigenvalue weighted by atomic mass is 16.3. The van der Waals surface area contributed by atoms with Crippen LogP contribution in [-0.2, 0) is 0 Å². The van der Waals surface area contributed by atoms with E-state index in [1.54, 1.807) is 0 Å². The molecule has 1 heterocycles. The quantitative estimate of drug-likeness (QED) is 0.543. The molecule has 0 aromatic heterocycles. The largest absolute Gasteiger partial charge is 0.393 e. The highest BCUT2D eigenvalue weighted by Gasteiger charge is 2.26. The maximum atomic E-state index is 9.34. The minimum absolute atomic E-state index is 0.0683. The molecule has 0 aromatic rings. The molecule has 0 saturated carbocycles. The van der Waals surface area contributed by atoms with E-state index in [0.717, 1.165) is 12.8 Å². The average Bonchev–Trinajstić information content (AvgIpc) is 1.82. The maximum absolute atomic E-state index is 9.34. The van der Waals surface area contributed by atoms with E-state index in [1.807, 2.05) is 0 Å². The molecule has 0 aromatic carbocycles. The number of hydrogen-bond acceptors (Lipinski definition) is 2. The molecule has 1 fully saturated rings. The summed E-state index contributed by atoms with van der Waals surface area (Å²) in [6, 6.07) is 1.08. The van der Waals surface area contributed by atoms with Gasteiger partial charge in [-0.3, -0.25) is 0 Å². The van der Waals surface area contributed by atoms with Crippen LogP contribution in [0.2, 0.25) is 0 Å². The first-order valence-electron chi connectivity index (χ1n) is 4.01. The molecular formula is C8H17NO. The number of piperidine rings is 1. The summed E-state index contributed by atoms with van der Waals surface area (Å²) in [5.74, 6) is 0. The van der Waals surface area contributed by atoms with Crippen molar-refractivity contribution < 1.29 is 5.11 Å². The molecule has 1 aliphatic heterocycles. The first-order chi connectivity index (χ1) is 4.61. The predicted molar refractivity (Wildman–Crippen MR) is 41.9 cm³/mol. The Kier molecular flexibility index (Phi) is 2.32. The Bertz CT molecular complexity index is 104. The normalized spacial score (nSPS) is 43.8. The van der Waals surface area contributed by atoms with E-state index in [0.29, 0.717) is 12.1 Å². The van der Waals surface area contributed by atoms with Crippen LogP contribution >= 0.6 is 0 Å². The first kappa shape index (κ1) is 8.02. The summed E-state index contributed by atoms with van der Waals surface area (Å²) in [6.07, 6.45) is 1.79. The number of rotatable bonds is 0. The molecule has 2 heteroatoms. The van der Waals surface area contributed by atoms with Gasteiger partial charge in [0.25, 0.3) is 0 Å². The molecular weight excluding hydrogens is 126 g/mol. The third kappa shape index (κ3) is 1.50. The second kappa shape index (κ2) is 2.89. The van der Waals surface area contributed by atoms with Crippen molar-refractivity contribution in [1.82, 2.24) is 4.90 Å². The van der Waals surface area contributed by atoms with Gasteiger partial charge in [-0.05, 0) is 33.7 Å². The van der Waals surface area contributed by atoms with Crippen molar-refractivity contribution in [3.63, 3.8) is 0 Å². The molecule has 2 nitrogen and oxygen atoms in total. The van der Waals surface area contributed by atoms with Gasteiger partial charge in [0.15, 0.2) is 0 Å². The zero-order valence-corrected chi connectivity index (χ0v) is 7.04. The molecule has 1 aliphatic rings. The number of nitrogens with zero attached hydrogens (tertiary/aromatic N) is 1. The number of aliphatic hydroxyl groups is 1. The van der Waals surface area contributed by atoms with Crippen LogP contribution < -0.4 is 0 Å². The average molecular weight is 143 g/mol. The van der Waals surface area contributed by atoms with Crippen molar-refractivity contribution in [3.05, 3.63) is 0 Å². The zero-order valence-electron chi connectivity index (χ0n) is 7.04. The van der Waals surface area contributed by atoms with Gasteiger partial charge in [0.2, 0.25) is 0 Å². The van der Waals surface area contributed by atoms with Crippen molar-refractivity contribution in [2.75, 3.05) is 7.05 Å². The topological polar surface area (TPSA) is 23.5 Å². The van der Waals surface area contributed by atoms with Gasteiger partial charge in [0.1, 0.15) is 0 Å². The monoisotopic (exact) mass is 143 g/mol. The lowest BCUT2D eigenvalue weighted by Gasteiger charge is -2.38. The van der Waals surface area contributed by atoms with Crippen LogP contribution in [0.4, 0.5) is 0 Å². The fourth-order valence-electron chi connectivity index (χ4n) is 1.65. The third-order valence-electron chi connectivity index (χ3n) is 2.62. The van der Waals surface area contributed by atoms with Crippen molar-refractivity contribution in [2.24, 2.45) is 0 Å². The SMILES string of the molecule is C[C@H]1CC(O)C[C@H](C)N1C. The molecule has 0 bridgehead atoms. The molecule has 1 saturated heterocycles. The van der Waals surface area contributed by atoms with Crippen LogP contribution in [0.1, 0.15) is 26.7 Å². The second-order valence-corrected chi connectivity index (χ2v) is 3.49. The molecule has 0 amide bonds. The van der Waals surface area contributed by atoms with Crippen LogP contribution in [0.5, 0.6) is 0 Å². The van der Waals surface area contributed by atoms with E-state index in [4.69, 9.17) is 0 Å². The van der Waals surface area contributed by atoms with Crippen LogP contribution in [0, 0.1) is 0 Å². The Hall–Kier alpha value is -0.0800. The van der Waals surface area contributed by atoms with Crippen molar-refractivity contribution in [2.45, 2.75) is 44.9 Å². The summed E-state index contributed by atoms with van der Waals surface area (Å²) >= 11 is 0. The fourth-order valence-corrected chi connectivity index (χ4v) is 1.65. The summed E-state index contributed by atoms with van der Waals surface area (Å²) in [6.45, 7) is 4.33. The maximum Gasteiger partial charge on any atom is 0.0569 e. The van der Waals surface area contributed by atoms with Gasteiger partial charge in [0.05, 0.1) is 6.10 Å². The van der Waals surface area contributed by atoms with Gasteiger partial charge in [-0.1, -0.05) is 0 Å². The standard InChI is InChI=1S/C8H17NO/c1-6-4-8(10)5-7(2)9(6)3/h6-8,10H,4-5H2,1-3H3/t6-,7-/m0/s1. The van der Waals surface area contributed by atoms with Crippen molar-refractivity contribution in [3.8, 4) is 0 Å². The van der Waals surface area contributed by atoms with Crippen LogP contribution in [0.3, 0.4) is 0 Å². The summed E-state index contributed by atoms with van der Waals surface area (Å²) in [7, 11) is 2.13. The van der Waals surface area contributed by atoms with Gasteiger partial charge < -0.3 is 10.0 Å². The minimum Gasteiger partial charge on any atom is -0.393 e. The van der Waals surface area contributed by atoms with E-state index in [-0.39, 0.29) is 6.10 Å². The summed E-state index contributed by atoms with van der Waals surface area (Å²) in [5, 5.41) is 9.34. The highest BCUT2D eigenvalue weighted by Crippen LogP contribution is 2.20. The van der Waals surface area contributed by atoms with Gasteiger partial charge in [-0.15, -0.1) is 0 Å². The van der Waals surface area contributed by atoms with Crippen molar-refractivity contribution >= 4 is 0 Å². The fraction of sp³-hybridized carbons (Fsp3) is 1.00. The minimum atomic E-state index is -0.0683. The Labute approximate surface area is 62.8 Å². The Morgan fingerprint density at radius 3 is 2.00 bits per heavy atom. The van der Waals surface area contributed by atoms with Crippen LogP contribution in [0.25, 0.3) is 0 Å². The van der Waals surface area contributed by atoms with Crippen molar-refractivity contribution in [1.29, 1.82) is 0 Å². The number of likely N-dealkylation sites (tertiary alicyclic amines) is 1. The van der Waals surface area contributed by atoms with Gasteiger partial charge in [0, 0.05) is 12.1 Å². The number of hydrogen-bond donors (Lipinski definition) is 1. The Morgan fingerprint density at radius 1 is 1.20 bits per heavy atom. The number of aliphatic hydroxyl groups excluding tert-OH is 1. The lowest BCUT2D eigenvalue weighted by atomic mass is 9.96. The molecule has 0 aliphatic carbocycles. The molecule has 2 atom stereocenters. The lowest BCUT2D eigenvalue weighted by Crippen LogP contribution is -2.45. The summed E-state index contributed by atoms with van der Waals surface area (Å²) in [4.78, 5) is 2.33. The third-order valence-corrected chi connectivity index (χ3v) is 2.62. The van der Waals surface area contributed by atoms with Gasteiger partial charge >= 0.3 is 0 Å². The summed E-state index contributed by atoms with van der Waals surface area (Å²) < 4.78 is 0. The molecule has 0 radical (unpaired) electrons. The Balaban J connectivity index is 2.49. The molecule has 0 spiro atoms. The Morgan fingerprint density at radius 2 is 1.60 bits per heavy atom. The highest BCUT2D eigenvalue weighted by molar-refractivity contribution is 4.81. The van der Waals surface area contributed by atoms with Crippen LogP contribution in [0.15, 0.2) is 0 Å². The van der Waals surface area contributed by atoms with Gasteiger partial charge in [-0.2, -0.15) is 0 Å². The lowest BCUT2D eigenvalue weighted by molar-refractivity contribution is 0.0290. The van der Waals surface area contributed by atoms with E-state index in [9.17, 15) is 5.11 Å². The summed E-state index contributed by atoms with van der Waals surface area (Å²) in [5.41, 5.74) is 0. The van der Waals surface area contributed by atoms with E-state index in [2.05, 4.69) is 25.8 Å².